The number of ether oxygens (including phenoxy) is 6. The Morgan fingerprint density at radius 3 is 2.24 bits per heavy atom. The van der Waals surface area contributed by atoms with E-state index < -0.39 is 42.3 Å². The SMILES string of the molecule is CCCCCCCOc1ccc(NC(=O)[C@@H]2O[C@@H]3OC(C)(C)O[C@@H]3[C@H]3OC(C)(C)O[C@H]32)cc1. The van der Waals surface area contributed by atoms with E-state index in [-0.39, 0.29) is 5.91 Å². The third-order valence-corrected chi connectivity index (χ3v) is 6.05. The van der Waals surface area contributed by atoms with Crippen molar-refractivity contribution in [3.8, 4) is 5.75 Å². The predicted octanol–water partition coefficient (Wildman–Crippen LogP) is 4.37. The summed E-state index contributed by atoms with van der Waals surface area (Å²) in [6, 6.07) is 7.36. The average Bonchev–Trinajstić information content (AvgIpc) is 3.24. The monoisotopic (exact) mass is 463 g/mol. The van der Waals surface area contributed by atoms with Crippen LogP contribution in [0.3, 0.4) is 0 Å². The van der Waals surface area contributed by atoms with Crippen LogP contribution in [0.4, 0.5) is 5.69 Å². The summed E-state index contributed by atoms with van der Waals surface area (Å²) in [6.07, 6.45) is 2.85. The van der Waals surface area contributed by atoms with Crippen LogP contribution in [0.1, 0.15) is 66.7 Å². The van der Waals surface area contributed by atoms with Crippen molar-refractivity contribution in [2.75, 3.05) is 11.9 Å². The number of anilines is 1. The lowest BCUT2D eigenvalue weighted by atomic mass is 9.98. The average molecular weight is 464 g/mol. The Kier molecular flexibility index (Phi) is 7.31. The number of nitrogens with one attached hydrogen (secondary N) is 1. The lowest BCUT2D eigenvalue weighted by Crippen LogP contribution is -2.58. The summed E-state index contributed by atoms with van der Waals surface area (Å²) >= 11 is 0. The molecule has 184 valence electrons. The molecule has 0 aliphatic carbocycles. The highest BCUT2D eigenvalue weighted by Gasteiger charge is 2.62. The molecule has 1 amide bonds. The first-order chi connectivity index (χ1) is 15.7. The number of carbonyl (C=O) groups is 1. The van der Waals surface area contributed by atoms with Gasteiger partial charge in [0.15, 0.2) is 24.0 Å². The van der Waals surface area contributed by atoms with Crippen molar-refractivity contribution in [2.24, 2.45) is 0 Å². The third-order valence-electron chi connectivity index (χ3n) is 6.05. The van der Waals surface area contributed by atoms with Crippen molar-refractivity contribution in [2.45, 2.75) is 109 Å². The molecule has 3 heterocycles. The maximum atomic E-state index is 13.2. The topological polar surface area (TPSA) is 84.5 Å². The lowest BCUT2D eigenvalue weighted by molar-refractivity contribution is -0.229. The molecule has 3 saturated heterocycles. The molecule has 1 aromatic carbocycles. The Bertz CT molecular complexity index is 809. The molecule has 1 aromatic rings. The van der Waals surface area contributed by atoms with Gasteiger partial charge in [0.2, 0.25) is 0 Å². The van der Waals surface area contributed by atoms with Crippen LogP contribution >= 0.6 is 0 Å². The largest absolute Gasteiger partial charge is 0.494 e. The Morgan fingerprint density at radius 1 is 0.879 bits per heavy atom. The van der Waals surface area contributed by atoms with E-state index in [1.807, 2.05) is 52.0 Å². The number of hydrogen-bond acceptors (Lipinski definition) is 7. The molecular formula is C25H37NO7. The van der Waals surface area contributed by atoms with E-state index in [9.17, 15) is 4.79 Å². The fourth-order valence-electron chi connectivity index (χ4n) is 4.57. The highest BCUT2D eigenvalue weighted by molar-refractivity contribution is 5.94. The second kappa shape index (κ2) is 9.88. The van der Waals surface area contributed by atoms with E-state index in [2.05, 4.69) is 12.2 Å². The highest BCUT2D eigenvalue weighted by Crippen LogP contribution is 2.44. The minimum Gasteiger partial charge on any atom is -0.494 e. The van der Waals surface area contributed by atoms with Crippen LogP contribution in [-0.4, -0.2) is 54.8 Å². The molecule has 5 atom stereocenters. The zero-order chi connectivity index (χ0) is 23.6. The normalized spacial score (nSPS) is 31.6. The Morgan fingerprint density at radius 2 is 1.52 bits per heavy atom. The van der Waals surface area contributed by atoms with E-state index in [0.29, 0.717) is 12.3 Å². The summed E-state index contributed by atoms with van der Waals surface area (Å²) in [6.45, 7) is 10.2. The molecule has 0 aromatic heterocycles. The minimum atomic E-state index is -0.894. The van der Waals surface area contributed by atoms with Crippen molar-refractivity contribution in [1.29, 1.82) is 0 Å². The van der Waals surface area contributed by atoms with Crippen molar-refractivity contribution in [1.82, 2.24) is 0 Å². The van der Waals surface area contributed by atoms with Gasteiger partial charge in [0.25, 0.3) is 5.91 Å². The van der Waals surface area contributed by atoms with E-state index in [4.69, 9.17) is 28.4 Å². The summed E-state index contributed by atoms with van der Waals surface area (Å²) in [5.41, 5.74) is 0.652. The predicted molar refractivity (Wildman–Crippen MR) is 122 cm³/mol. The van der Waals surface area contributed by atoms with E-state index in [0.717, 1.165) is 12.2 Å². The molecule has 0 unspecified atom stereocenters. The second-order valence-electron chi connectivity index (χ2n) is 9.87. The van der Waals surface area contributed by atoms with Crippen LogP contribution < -0.4 is 10.1 Å². The zero-order valence-electron chi connectivity index (χ0n) is 20.3. The molecule has 8 heteroatoms. The Hall–Kier alpha value is -1.71. The lowest BCUT2D eigenvalue weighted by Gasteiger charge is -2.36. The summed E-state index contributed by atoms with van der Waals surface area (Å²) < 4.78 is 35.8. The van der Waals surface area contributed by atoms with Crippen molar-refractivity contribution < 1.29 is 33.2 Å². The maximum Gasteiger partial charge on any atom is 0.256 e. The van der Waals surface area contributed by atoms with E-state index in [1.54, 1.807) is 0 Å². The highest BCUT2D eigenvalue weighted by atomic mass is 16.9. The van der Waals surface area contributed by atoms with Crippen molar-refractivity contribution >= 4 is 11.6 Å². The van der Waals surface area contributed by atoms with E-state index in [1.165, 1.54) is 25.7 Å². The number of amides is 1. The molecule has 8 nitrogen and oxygen atoms in total. The molecule has 0 radical (unpaired) electrons. The zero-order valence-corrected chi connectivity index (χ0v) is 20.3. The fourth-order valence-corrected chi connectivity index (χ4v) is 4.57. The van der Waals surface area contributed by atoms with Gasteiger partial charge < -0.3 is 33.7 Å². The molecular weight excluding hydrogens is 426 g/mol. The molecule has 0 bridgehead atoms. The Labute approximate surface area is 196 Å². The fraction of sp³-hybridized carbons (Fsp3) is 0.720. The Balaban J connectivity index is 1.35. The molecule has 33 heavy (non-hydrogen) atoms. The summed E-state index contributed by atoms with van der Waals surface area (Å²) in [5, 5.41) is 2.92. The summed E-state index contributed by atoms with van der Waals surface area (Å²) in [7, 11) is 0. The smallest absolute Gasteiger partial charge is 0.256 e. The number of benzene rings is 1. The van der Waals surface area contributed by atoms with Crippen LogP contribution in [0.5, 0.6) is 5.75 Å². The molecule has 3 aliphatic rings. The van der Waals surface area contributed by atoms with Gasteiger partial charge in [-0.15, -0.1) is 0 Å². The molecule has 1 N–H and O–H groups in total. The first-order valence-corrected chi connectivity index (χ1v) is 12.1. The van der Waals surface area contributed by atoms with Gasteiger partial charge >= 0.3 is 0 Å². The second-order valence-corrected chi connectivity index (χ2v) is 9.87. The summed E-state index contributed by atoms with van der Waals surface area (Å²) in [5.74, 6) is -1.21. The van der Waals surface area contributed by atoms with Gasteiger partial charge in [-0.3, -0.25) is 4.79 Å². The van der Waals surface area contributed by atoms with Gasteiger partial charge in [-0.25, -0.2) is 0 Å². The molecule has 4 rings (SSSR count). The summed E-state index contributed by atoms with van der Waals surface area (Å²) in [4.78, 5) is 13.2. The maximum absolute atomic E-state index is 13.2. The van der Waals surface area contributed by atoms with Gasteiger partial charge in [-0.1, -0.05) is 32.6 Å². The number of hydrogen-bond donors (Lipinski definition) is 1. The van der Waals surface area contributed by atoms with E-state index >= 15 is 0 Å². The standard InChI is InChI=1S/C25H37NO7/c1-6-7-8-9-10-15-28-17-13-11-16(12-14-17)26-22(27)20-18-19(31-24(2,3)30-18)21-23(29-20)33-25(4,5)32-21/h11-14,18-21,23H,6-10,15H2,1-5H3,(H,26,27)/t18-,19+,20-,21-,23-/m1/s1. The quantitative estimate of drug-likeness (QED) is 0.544. The van der Waals surface area contributed by atoms with Crippen LogP contribution in [0.25, 0.3) is 0 Å². The molecule has 3 fully saturated rings. The number of rotatable bonds is 9. The molecule has 0 spiro atoms. The van der Waals surface area contributed by atoms with Crippen LogP contribution in [0.2, 0.25) is 0 Å². The van der Waals surface area contributed by atoms with Gasteiger partial charge in [-0.2, -0.15) is 0 Å². The van der Waals surface area contributed by atoms with Crippen LogP contribution in [-0.2, 0) is 28.5 Å². The first-order valence-electron chi connectivity index (χ1n) is 12.1. The number of carbonyl (C=O) groups excluding carboxylic acids is 1. The third kappa shape index (κ3) is 5.87. The van der Waals surface area contributed by atoms with Gasteiger partial charge in [0.05, 0.1) is 6.61 Å². The van der Waals surface area contributed by atoms with Crippen molar-refractivity contribution in [3.05, 3.63) is 24.3 Å². The number of fused-ring (bicyclic) bond motifs is 3. The van der Waals surface area contributed by atoms with Gasteiger partial charge in [0, 0.05) is 5.69 Å². The first kappa shape index (κ1) is 24.4. The van der Waals surface area contributed by atoms with Crippen LogP contribution in [0, 0.1) is 0 Å². The minimum absolute atomic E-state index is 0.317. The van der Waals surface area contributed by atoms with Gasteiger partial charge in [-0.05, 0) is 58.4 Å². The van der Waals surface area contributed by atoms with Crippen LogP contribution in [0.15, 0.2) is 24.3 Å². The van der Waals surface area contributed by atoms with Crippen molar-refractivity contribution in [3.63, 3.8) is 0 Å². The molecule has 3 aliphatic heterocycles. The number of unbranched alkanes of at least 4 members (excludes halogenated alkanes) is 4. The molecule has 0 saturated carbocycles. The van der Waals surface area contributed by atoms with Gasteiger partial charge in [0.1, 0.15) is 24.1 Å².